The van der Waals surface area contributed by atoms with Gasteiger partial charge in [-0.15, -0.1) is 0 Å². The van der Waals surface area contributed by atoms with Crippen LogP contribution in [0.4, 0.5) is 5.69 Å². The summed E-state index contributed by atoms with van der Waals surface area (Å²) in [4.78, 5) is 29.5. The van der Waals surface area contributed by atoms with Gasteiger partial charge in [-0.3, -0.25) is 13.9 Å². The monoisotopic (exact) mass is 599 g/mol. The first-order valence-electron chi connectivity index (χ1n) is 13.2. The topological polar surface area (TPSA) is 96.0 Å². The van der Waals surface area contributed by atoms with E-state index in [1.54, 1.807) is 12.1 Å². The average Bonchev–Trinajstić information content (AvgIpc) is 2.89. The highest BCUT2D eigenvalue weighted by Crippen LogP contribution is 2.33. The molecule has 2 amide bonds. The predicted octanol–water partition coefficient (Wildman–Crippen LogP) is 4.98. The lowest BCUT2D eigenvalue weighted by Gasteiger charge is -2.35. The van der Waals surface area contributed by atoms with Crippen LogP contribution in [-0.2, 0) is 32.6 Å². The normalized spacial score (nSPS) is 12.4. The van der Waals surface area contributed by atoms with Crippen molar-refractivity contribution in [1.82, 2.24) is 10.2 Å². The number of anilines is 1. The first-order chi connectivity index (χ1) is 19.2. The Bertz CT molecular complexity index is 1470. The molecule has 0 saturated heterocycles. The third-order valence-corrected chi connectivity index (χ3v) is 7.82. The van der Waals surface area contributed by atoms with E-state index in [4.69, 9.17) is 16.3 Å². The molecule has 1 atom stereocenters. The van der Waals surface area contributed by atoms with Crippen molar-refractivity contribution in [2.45, 2.75) is 52.2 Å². The van der Waals surface area contributed by atoms with Gasteiger partial charge < -0.3 is 15.0 Å². The van der Waals surface area contributed by atoms with Crippen LogP contribution >= 0.6 is 11.6 Å². The Kier molecular flexibility index (Phi) is 10.4. The van der Waals surface area contributed by atoms with Gasteiger partial charge in [-0.05, 0) is 62.6 Å². The molecule has 3 aromatic carbocycles. The van der Waals surface area contributed by atoms with E-state index in [9.17, 15) is 18.0 Å². The predicted molar refractivity (Wildman–Crippen MR) is 164 cm³/mol. The summed E-state index contributed by atoms with van der Waals surface area (Å²) in [5, 5.41) is 3.30. The maximum atomic E-state index is 14.2. The largest absolute Gasteiger partial charge is 0.495 e. The number of amides is 2. The zero-order valence-electron chi connectivity index (χ0n) is 24.3. The second-order valence-corrected chi connectivity index (χ2v) is 13.3. The maximum Gasteiger partial charge on any atom is 0.244 e. The third-order valence-electron chi connectivity index (χ3n) is 6.46. The molecule has 41 heavy (non-hydrogen) atoms. The second kappa shape index (κ2) is 13.4. The van der Waals surface area contributed by atoms with Gasteiger partial charge in [0.05, 0.1) is 19.1 Å². The first-order valence-corrected chi connectivity index (χ1v) is 15.4. The fourth-order valence-corrected chi connectivity index (χ4v) is 5.44. The molecular formula is C31H38ClN3O5S. The highest BCUT2D eigenvalue weighted by atomic mass is 35.5. The molecule has 0 aliphatic heterocycles. The molecule has 0 bridgehead atoms. The Labute approximate surface area is 248 Å². The summed E-state index contributed by atoms with van der Waals surface area (Å²) < 4.78 is 32.4. The van der Waals surface area contributed by atoms with E-state index < -0.39 is 34.1 Å². The van der Waals surface area contributed by atoms with Crippen molar-refractivity contribution in [3.63, 3.8) is 0 Å². The first kappa shape index (κ1) is 32.0. The molecule has 0 fully saturated rings. The molecule has 0 aliphatic carbocycles. The summed E-state index contributed by atoms with van der Waals surface area (Å²) >= 11 is 6.21. The number of hydrogen-bond acceptors (Lipinski definition) is 5. The van der Waals surface area contributed by atoms with Gasteiger partial charge in [0.25, 0.3) is 0 Å². The molecular weight excluding hydrogens is 562 g/mol. The van der Waals surface area contributed by atoms with Crippen LogP contribution in [0.25, 0.3) is 0 Å². The number of aryl methyl sites for hydroxylation is 1. The molecule has 0 spiro atoms. The minimum Gasteiger partial charge on any atom is -0.495 e. The fraction of sp³-hybridized carbons (Fsp3) is 0.355. The van der Waals surface area contributed by atoms with Gasteiger partial charge in [0, 0.05) is 23.5 Å². The van der Waals surface area contributed by atoms with E-state index in [1.807, 2.05) is 82.3 Å². The van der Waals surface area contributed by atoms with Gasteiger partial charge in [-0.2, -0.15) is 0 Å². The summed E-state index contributed by atoms with van der Waals surface area (Å²) in [7, 11) is -2.55. The van der Waals surface area contributed by atoms with E-state index >= 15 is 0 Å². The molecule has 3 rings (SSSR count). The van der Waals surface area contributed by atoms with Crippen LogP contribution in [-0.4, -0.2) is 56.6 Å². The number of hydrogen-bond donors (Lipinski definition) is 1. The molecule has 0 heterocycles. The highest BCUT2D eigenvalue weighted by Gasteiger charge is 2.35. The Morgan fingerprint density at radius 3 is 2.22 bits per heavy atom. The summed E-state index contributed by atoms with van der Waals surface area (Å²) in [5.41, 5.74) is 2.22. The van der Waals surface area contributed by atoms with Crippen LogP contribution in [0.3, 0.4) is 0 Å². The standard InChI is InChI=1S/C31H38ClN3O5S/c1-22-12-10-11-15-24(22)20-34(27(30(37)33-31(2,3)4)18-23-13-8-7-9-14-23)29(36)21-35(41(6,38)39)26-19-25(32)16-17-28(26)40-5/h7-17,19,27H,18,20-21H2,1-6H3,(H,33,37)/t27-/m1/s1. The van der Waals surface area contributed by atoms with Gasteiger partial charge in [-0.25, -0.2) is 8.42 Å². The lowest BCUT2D eigenvalue weighted by Crippen LogP contribution is -2.56. The van der Waals surface area contributed by atoms with Crippen molar-refractivity contribution in [3.8, 4) is 5.75 Å². The van der Waals surface area contributed by atoms with Gasteiger partial charge in [-0.1, -0.05) is 66.2 Å². The number of nitrogens with one attached hydrogen (secondary N) is 1. The Morgan fingerprint density at radius 1 is 1.00 bits per heavy atom. The molecule has 0 aromatic heterocycles. The molecule has 0 radical (unpaired) electrons. The molecule has 1 N–H and O–H groups in total. The lowest BCUT2D eigenvalue weighted by atomic mass is 10.00. The number of rotatable bonds is 11. The summed E-state index contributed by atoms with van der Waals surface area (Å²) in [5.74, 6) is -0.649. The van der Waals surface area contributed by atoms with Crippen molar-refractivity contribution in [3.05, 3.63) is 94.5 Å². The van der Waals surface area contributed by atoms with Crippen LogP contribution in [0, 0.1) is 6.92 Å². The zero-order valence-corrected chi connectivity index (χ0v) is 25.9. The van der Waals surface area contributed by atoms with Crippen molar-refractivity contribution < 1.29 is 22.7 Å². The summed E-state index contributed by atoms with van der Waals surface area (Å²) in [6.07, 6.45) is 1.25. The van der Waals surface area contributed by atoms with Crippen LogP contribution in [0.2, 0.25) is 5.02 Å². The molecule has 10 heteroatoms. The number of nitrogens with zero attached hydrogens (tertiary/aromatic N) is 2. The molecule has 0 aliphatic rings. The summed E-state index contributed by atoms with van der Waals surface area (Å²) in [6.45, 7) is 7.08. The lowest BCUT2D eigenvalue weighted by molar-refractivity contribution is -0.140. The van der Waals surface area contributed by atoms with Crippen molar-refractivity contribution in [1.29, 1.82) is 0 Å². The van der Waals surface area contributed by atoms with Crippen LogP contribution in [0.5, 0.6) is 5.75 Å². The van der Waals surface area contributed by atoms with E-state index in [2.05, 4.69) is 5.32 Å². The fourth-order valence-electron chi connectivity index (χ4n) is 4.43. The highest BCUT2D eigenvalue weighted by molar-refractivity contribution is 7.92. The smallest absolute Gasteiger partial charge is 0.244 e. The number of ether oxygens (including phenoxy) is 1. The van der Waals surface area contributed by atoms with E-state index in [1.165, 1.54) is 18.1 Å². The molecule has 0 unspecified atom stereocenters. The molecule has 8 nitrogen and oxygen atoms in total. The number of carbonyl (C=O) groups excluding carboxylic acids is 2. The molecule has 220 valence electrons. The third kappa shape index (κ3) is 8.96. The Balaban J connectivity index is 2.13. The van der Waals surface area contributed by atoms with Crippen molar-refractivity contribution >= 4 is 39.1 Å². The number of benzene rings is 3. The van der Waals surface area contributed by atoms with E-state index in [0.717, 1.165) is 27.3 Å². The van der Waals surface area contributed by atoms with Crippen LogP contribution in [0.15, 0.2) is 72.8 Å². The number of carbonyl (C=O) groups is 2. The van der Waals surface area contributed by atoms with Crippen molar-refractivity contribution in [2.75, 3.05) is 24.2 Å². The maximum absolute atomic E-state index is 14.2. The van der Waals surface area contributed by atoms with E-state index in [-0.39, 0.29) is 35.3 Å². The average molecular weight is 600 g/mol. The van der Waals surface area contributed by atoms with Gasteiger partial charge >= 0.3 is 0 Å². The zero-order chi connectivity index (χ0) is 30.4. The second-order valence-electron chi connectivity index (χ2n) is 11.0. The number of sulfonamides is 1. The minimum atomic E-state index is -3.96. The van der Waals surface area contributed by atoms with Crippen LogP contribution < -0.4 is 14.4 Å². The van der Waals surface area contributed by atoms with Crippen LogP contribution in [0.1, 0.15) is 37.5 Å². The minimum absolute atomic E-state index is 0.102. The Morgan fingerprint density at radius 2 is 1.63 bits per heavy atom. The number of methoxy groups -OCH3 is 1. The quantitative estimate of drug-likeness (QED) is 0.335. The molecule has 3 aromatic rings. The molecule has 0 saturated carbocycles. The summed E-state index contributed by atoms with van der Waals surface area (Å²) in [6, 6.07) is 20.6. The SMILES string of the molecule is COc1ccc(Cl)cc1N(CC(=O)N(Cc1ccccc1C)[C@H](Cc1ccccc1)C(=O)NC(C)(C)C)S(C)(=O)=O. The van der Waals surface area contributed by atoms with Gasteiger partial charge in [0.1, 0.15) is 18.3 Å². The Hall–Kier alpha value is -3.56. The van der Waals surface area contributed by atoms with Gasteiger partial charge in [0.2, 0.25) is 21.8 Å². The van der Waals surface area contributed by atoms with Crippen molar-refractivity contribution in [2.24, 2.45) is 0 Å². The number of halogens is 1. The van der Waals surface area contributed by atoms with E-state index in [0.29, 0.717) is 0 Å². The van der Waals surface area contributed by atoms with Gasteiger partial charge in [0.15, 0.2) is 0 Å².